The number of likely N-dealkylation sites (tertiary alicyclic amines) is 1. The van der Waals surface area contributed by atoms with Gasteiger partial charge < -0.3 is 9.80 Å². The molecule has 0 amide bonds. The van der Waals surface area contributed by atoms with E-state index in [2.05, 4.69) is 34.9 Å². The fourth-order valence-corrected chi connectivity index (χ4v) is 4.29. The lowest BCUT2D eigenvalue weighted by Gasteiger charge is -2.41. The summed E-state index contributed by atoms with van der Waals surface area (Å²) in [6.07, 6.45) is 2.62. The second-order valence-corrected chi connectivity index (χ2v) is 6.12. The third kappa shape index (κ3) is 1.45. The molecule has 0 N–H and O–H groups in total. The summed E-state index contributed by atoms with van der Waals surface area (Å²) in [4.78, 5) is 5.31. The molecule has 1 aromatic rings. The Labute approximate surface area is 110 Å². The molecule has 0 spiro atoms. The predicted octanol–water partition coefficient (Wildman–Crippen LogP) is 2.49. The fourth-order valence-electron chi connectivity index (χ4n) is 4.29. The van der Waals surface area contributed by atoms with E-state index < -0.39 is 0 Å². The van der Waals surface area contributed by atoms with Crippen LogP contribution in [0.1, 0.15) is 30.4 Å². The first-order chi connectivity index (χ1) is 8.86. The first-order valence-corrected chi connectivity index (χ1v) is 7.46. The van der Waals surface area contributed by atoms with Crippen molar-refractivity contribution >= 4 is 5.69 Å². The summed E-state index contributed by atoms with van der Waals surface area (Å²) < 4.78 is 0. The highest BCUT2D eigenvalue weighted by molar-refractivity contribution is 5.64. The molecule has 0 aliphatic carbocycles. The maximum atomic E-state index is 2.68. The van der Waals surface area contributed by atoms with Crippen molar-refractivity contribution in [3.63, 3.8) is 0 Å². The second-order valence-electron chi connectivity index (χ2n) is 6.12. The molecule has 2 atom stereocenters. The van der Waals surface area contributed by atoms with Crippen molar-refractivity contribution in [2.24, 2.45) is 5.92 Å². The largest absolute Gasteiger partial charge is 0.371 e. The summed E-state index contributed by atoms with van der Waals surface area (Å²) in [6, 6.07) is 7.03. The molecule has 2 nitrogen and oxygen atoms in total. The molecule has 96 valence electrons. The Morgan fingerprint density at radius 2 is 2.17 bits per heavy atom. The number of fused-ring (bicyclic) bond motifs is 2. The minimum Gasteiger partial charge on any atom is -0.371 e. The van der Waals surface area contributed by atoms with Gasteiger partial charge in [0, 0.05) is 37.8 Å². The third-order valence-electron chi connectivity index (χ3n) is 5.16. The van der Waals surface area contributed by atoms with Crippen LogP contribution in [0.25, 0.3) is 0 Å². The maximum Gasteiger partial charge on any atom is 0.0434 e. The van der Waals surface area contributed by atoms with Gasteiger partial charge in [0.05, 0.1) is 0 Å². The van der Waals surface area contributed by atoms with E-state index >= 15 is 0 Å². The molecular formula is C16H22N2. The molecule has 0 radical (unpaired) electrons. The lowest BCUT2D eigenvalue weighted by atomic mass is 9.80. The SMILES string of the molecule is CCN1C[C@H]2CN3CCCc4cccc(c43)[C@H]2C1. The van der Waals surface area contributed by atoms with E-state index in [1.807, 2.05) is 0 Å². The van der Waals surface area contributed by atoms with Gasteiger partial charge in [0.25, 0.3) is 0 Å². The van der Waals surface area contributed by atoms with Gasteiger partial charge in [-0.05, 0) is 36.4 Å². The molecule has 1 saturated heterocycles. The highest BCUT2D eigenvalue weighted by Gasteiger charge is 2.40. The minimum atomic E-state index is 0.800. The van der Waals surface area contributed by atoms with Gasteiger partial charge >= 0.3 is 0 Å². The number of anilines is 1. The lowest BCUT2D eigenvalue weighted by Crippen LogP contribution is -2.40. The van der Waals surface area contributed by atoms with Gasteiger partial charge in [-0.1, -0.05) is 25.1 Å². The number of para-hydroxylation sites is 1. The monoisotopic (exact) mass is 242 g/mol. The van der Waals surface area contributed by atoms with Crippen LogP contribution >= 0.6 is 0 Å². The average molecular weight is 242 g/mol. The van der Waals surface area contributed by atoms with Crippen molar-refractivity contribution < 1.29 is 0 Å². The Morgan fingerprint density at radius 1 is 1.22 bits per heavy atom. The van der Waals surface area contributed by atoms with Crippen LogP contribution in [0.4, 0.5) is 5.69 Å². The molecule has 3 heterocycles. The molecule has 2 heteroatoms. The van der Waals surface area contributed by atoms with Gasteiger partial charge in [-0.3, -0.25) is 0 Å². The maximum absolute atomic E-state index is 2.68. The Balaban J connectivity index is 1.79. The van der Waals surface area contributed by atoms with Gasteiger partial charge in [-0.2, -0.15) is 0 Å². The van der Waals surface area contributed by atoms with Gasteiger partial charge in [-0.25, -0.2) is 0 Å². The normalized spacial score (nSPS) is 30.2. The Bertz CT molecular complexity index is 468. The van der Waals surface area contributed by atoms with Crippen molar-refractivity contribution in [2.45, 2.75) is 25.7 Å². The van der Waals surface area contributed by atoms with Crippen LogP contribution in [0.2, 0.25) is 0 Å². The third-order valence-corrected chi connectivity index (χ3v) is 5.16. The molecule has 3 aliphatic heterocycles. The molecule has 0 aromatic heterocycles. The zero-order chi connectivity index (χ0) is 12.1. The molecule has 0 bridgehead atoms. The zero-order valence-corrected chi connectivity index (χ0v) is 11.2. The number of aryl methyl sites for hydroxylation is 1. The van der Waals surface area contributed by atoms with Crippen molar-refractivity contribution in [1.29, 1.82) is 0 Å². The lowest BCUT2D eigenvalue weighted by molar-refractivity contribution is 0.342. The molecule has 3 aliphatic rings. The van der Waals surface area contributed by atoms with Crippen LogP contribution in [0.15, 0.2) is 18.2 Å². The van der Waals surface area contributed by atoms with E-state index in [9.17, 15) is 0 Å². The van der Waals surface area contributed by atoms with Gasteiger partial charge in [0.15, 0.2) is 0 Å². The van der Waals surface area contributed by atoms with Crippen molar-refractivity contribution in [3.8, 4) is 0 Å². The van der Waals surface area contributed by atoms with Gasteiger partial charge in [-0.15, -0.1) is 0 Å². The van der Waals surface area contributed by atoms with Crippen LogP contribution in [0.3, 0.4) is 0 Å². The Hall–Kier alpha value is -1.02. The van der Waals surface area contributed by atoms with Gasteiger partial charge in [0.2, 0.25) is 0 Å². The zero-order valence-electron chi connectivity index (χ0n) is 11.2. The second kappa shape index (κ2) is 3.99. The standard InChI is InChI=1S/C16H22N2/c1-2-17-9-13-10-18-8-4-6-12-5-3-7-14(16(12)18)15(13)11-17/h3,5,7,13,15H,2,4,6,8-11H2,1H3/t13-,15-/m0/s1. The smallest absolute Gasteiger partial charge is 0.0434 e. The number of hydrogen-bond donors (Lipinski definition) is 0. The summed E-state index contributed by atoms with van der Waals surface area (Å²) in [5.74, 6) is 1.67. The summed E-state index contributed by atoms with van der Waals surface area (Å²) in [5, 5.41) is 0. The molecule has 4 rings (SSSR count). The number of likely N-dealkylation sites (N-methyl/N-ethyl adjacent to an activating group) is 1. The van der Waals surface area contributed by atoms with E-state index in [0.29, 0.717) is 0 Å². The summed E-state index contributed by atoms with van der Waals surface area (Å²) in [6.45, 7) is 8.67. The molecule has 1 aromatic carbocycles. The number of rotatable bonds is 1. The van der Waals surface area contributed by atoms with E-state index in [1.54, 1.807) is 16.8 Å². The van der Waals surface area contributed by atoms with Crippen molar-refractivity contribution in [3.05, 3.63) is 29.3 Å². The quantitative estimate of drug-likeness (QED) is 0.746. The Kier molecular flexibility index (Phi) is 2.41. The van der Waals surface area contributed by atoms with Crippen molar-refractivity contribution in [1.82, 2.24) is 4.90 Å². The molecular weight excluding hydrogens is 220 g/mol. The molecule has 0 unspecified atom stereocenters. The molecule has 0 saturated carbocycles. The number of hydrogen-bond acceptors (Lipinski definition) is 2. The van der Waals surface area contributed by atoms with Crippen molar-refractivity contribution in [2.75, 3.05) is 37.6 Å². The van der Waals surface area contributed by atoms with E-state index in [1.165, 1.54) is 45.6 Å². The van der Waals surface area contributed by atoms with Crippen LogP contribution < -0.4 is 4.90 Å². The highest BCUT2D eigenvalue weighted by Crippen LogP contribution is 2.45. The first kappa shape index (κ1) is 10.9. The molecule has 18 heavy (non-hydrogen) atoms. The van der Waals surface area contributed by atoms with E-state index in [0.717, 1.165) is 11.8 Å². The van der Waals surface area contributed by atoms with E-state index in [4.69, 9.17) is 0 Å². The summed E-state index contributed by atoms with van der Waals surface area (Å²) >= 11 is 0. The summed E-state index contributed by atoms with van der Waals surface area (Å²) in [7, 11) is 0. The van der Waals surface area contributed by atoms with Crippen LogP contribution in [0.5, 0.6) is 0 Å². The van der Waals surface area contributed by atoms with Crippen LogP contribution in [0, 0.1) is 5.92 Å². The number of benzene rings is 1. The molecule has 1 fully saturated rings. The first-order valence-electron chi connectivity index (χ1n) is 7.46. The average Bonchev–Trinajstić information content (AvgIpc) is 2.83. The fraction of sp³-hybridized carbons (Fsp3) is 0.625. The minimum absolute atomic E-state index is 0.800. The van der Waals surface area contributed by atoms with Crippen LogP contribution in [-0.2, 0) is 6.42 Å². The van der Waals surface area contributed by atoms with Gasteiger partial charge in [0.1, 0.15) is 0 Å². The van der Waals surface area contributed by atoms with E-state index in [-0.39, 0.29) is 0 Å². The highest BCUT2D eigenvalue weighted by atomic mass is 15.2. The Morgan fingerprint density at radius 3 is 3.06 bits per heavy atom. The van der Waals surface area contributed by atoms with Crippen LogP contribution in [-0.4, -0.2) is 37.6 Å². The topological polar surface area (TPSA) is 6.48 Å². The predicted molar refractivity (Wildman–Crippen MR) is 75.3 cm³/mol. The number of nitrogens with zero attached hydrogens (tertiary/aromatic N) is 2. The summed E-state index contributed by atoms with van der Waals surface area (Å²) in [5.41, 5.74) is 4.87.